The Labute approximate surface area is 120 Å². The maximum Gasteiger partial charge on any atom is 0.0996 e. The van der Waals surface area contributed by atoms with Gasteiger partial charge >= 0.3 is 0 Å². The van der Waals surface area contributed by atoms with Gasteiger partial charge in [-0.3, -0.25) is 0 Å². The van der Waals surface area contributed by atoms with Gasteiger partial charge in [0.05, 0.1) is 21.3 Å². The molecule has 2 N–H and O–H groups in total. The van der Waals surface area contributed by atoms with Crippen LogP contribution in [0.2, 0.25) is 8.67 Å². The lowest BCUT2D eigenvalue weighted by atomic mass is 10.1. The lowest BCUT2D eigenvalue weighted by Crippen LogP contribution is -2.05. The van der Waals surface area contributed by atoms with Gasteiger partial charge in [-0.15, -0.1) is 11.3 Å². The summed E-state index contributed by atoms with van der Waals surface area (Å²) in [6, 6.07) is 9.61. The van der Waals surface area contributed by atoms with Crippen molar-refractivity contribution >= 4 is 40.2 Å². The summed E-state index contributed by atoms with van der Waals surface area (Å²) in [7, 11) is 0. The van der Waals surface area contributed by atoms with E-state index in [4.69, 9.17) is 28.3 Å². The molecule has 1 atom stereocenters. The van der Waals surface area contributed by atoms with Gasteiger partial charge in [-0.25, -0.2) is 0 Å². The fourth-order valence-corrected chi connectivity index (χ4v) is 3.33. The van der Waals surface area contributed by atoms with Crippen LogP contribution in [0.3, 0.4) is 0 Å². The number of halogens is 2. The Hall–Kier alpha value is -0.740. The molecule has 18 heavy (non-hydrogen) atoms. The SMILES string of the molecule is CC(Nc1ccc(CO)cc1)c1cc(Cl)sc1Cl. The molecule has 1 aromatic heterocycles. The number of thiophene rings is 1. The molecule has 0 saturated carbocycles. The minimum atomic E-state index is 0.0573. The topological polar surface area (TPSA) is 32.3 Å². The van der Waals surface area contributed by atoms with Gasteiger partial charge in [-0.05, 0) is 30.7 Å². The molecule has 0 aliphatic heterocycles. The van der Waals surface area contributed by atoms with Gasteiger partial charge in [0, 0.05) is 11.3 Å². The van der Waals surface area contributed by atoms with Crippen LogP contribution in [0.1, 0.15) is 24.1 Å². The predicted molar refractivity (Wildman–Crippen MR) is 78.7 cm³/mol. The van der Waals surface area contributed by atoms with E-state index in [1.807, 2.05) is 37.3 Å². The van der Waals surface area contributed by atoms with Crippen molar-refractivity contribution in [1.82, 2.24) is 0 Å². The van der Waals surface area contributed by atoms with Crippen LogP contribution in [0.25, 0.3) is 0 Å². The molecule has 0 amide bonds. The van der Waals surface area contributed by atoms with Crippen LogP contribution < -0.4 is 5.32 Å². The second kappa shape index (κ2) is 5.93. The van der Waals surface area contributed by atoms with Gasteiger partial charge in [0.1, 0.15) is 0 Å². The Bertz CT molecular complexity index is 524. The smallest absolute Gasteiger partial charge is 0.0996 e. The summed E-state index contributed by atoms with van der Waals surface area (Å²) in [5, 5.41) is 12.3. The van der Waals surface area contributed by atoms with Crippen LogP contribution in [0, 0.1) is 0 Å². The standard InChI is InChI=1S/C13H13Cl2NOS/c1-8(11-6-12(14)18-13(11)15)16-10-4-2-9(7-17)3-5-10/h2-6,8,16-17H,7H2,1H3. The van der Waals surface area contributed by atoms with Gasteiger partial charge in [-0.2, -0.15) is 0 Å². The summed E-state index contributed by atoms with van der Waals surface area (Å²) >= 11 is 13.4. The third-order valence-corrected chi connectivity index (χ3v) is 4.19. The van der Waals surface area contributed by atoms with Crippen molar-refractivity contribution in [2.24, 2.45) is 0 Å². The van der Waals surface area contributed by atoms with E-state index < -0.39 is 0 Å². The fourth-order valence-electron chi connectivity index (χ4n) is 1.68. The van der Waals surface area contributed by atoms with Crippen molar-refractivity contribution in [2.75, 3.05) is 5.32 Å². The largest absolute Gasteiger partial charge is 0.392 e. The highest BCUT2D eigenvalue weighted by atomic mass is 35.5. The first-order chi connectivity index (χ1) is 8.60. The van der Waals surface area contributed by atoms with E-state index in [-0.39, 0.29) is 12.6 Å². The molecular formula is C13H13Cl2NOS. The van der Waals surface area contributed by atoms with Crippen molar-refractivity contribution in [1.29, 1.82) is 0 Å². The molecular weight excluding hydrogens is 289 g/mol. The van der Waals surface area contributed by atoms with Gasteiger partial charge in [-0.1, -0.05) is 35.3 Å². The first kappa shape index (κ1) is 13.7. The summed E-state index contributed by atoms with van der Waals surface area (Å²) in [5.74, 6) is 0. The average Bonchev–Trinajstić information content (AvgIpc) is 2.69. The van der Waals surface area contributed by atoms with Crippen LogP contribution in [0.4, 0.5) is 5.69 Å². The molecule has 0 saturated heterocycles. The van der Waals surface area contributed by atoms with Crippen LogP contribution >= 0.6 is 34.5 Å². The highest BCUT2D eigenvalue weighted by Gasteiger charge is 2.13. The van der Waals surface area contributed by atoms with Crippen molar-refractivity contribution in [3.63, 3.8) is 0 Å². The molecule has 2 aromatic rings. The Morgan fingerprint density at radius 3 is 2.44 bits per heavy atom. The van der Waals surface area contributed by atoms with E-state index in [1.165, 1.54) is 11.3 Å². The predicted octanol–water partition coefficient (Wildman–Crippen LogP) is 4.72. The Kier molecular flexibility index (Phi) is 4.51. The maximum absolute atomic E-state index is 8.98. The summed E-state index contributed by atoms with van der Waals surface area (Å²) in [5.41, 5.74) is 2.88. The molecule has 2 rings (SSSR count). The molecule has 1 aromatic carbocycles. The Morgan fingerprint density at radius 2 is 1.94 bits per heavy atom. The minimum Gasteiger partial charge on any atom is -0.392 e. The minimum absolute atomic E-state index is 0.0573. The second-order valence-electron chi connectivity index (χ2n) is 4.00. The van der Waals surface area contributed by atoms with E-state index in [0.717, 1.165) is 16.8 Å². The molecule has 0 fully saturated rings. The van der Waals surface area contributed by atoms with Crippen LogP contribution in [0.15, 0.2) is 30.3 Å². The Balaban J connectivity index is 2.10. The quantitative estimate of drug-likeness (QED) is 0.856. The number of benzene rings is 1. The number of aliphatic hydroxyl groups excluding tert-OH is 1. The summed E-state index contributed by atoms with van der Waals surface area (Å²) in [6.07, 6.45) is 0. The molecule has 0 aliphatic rings. The zero-order valence-electron chi connectivity index (χ0n) is 9.78. The van der Waals surface area contributed by atoms with Crippen LogP contribution in [0.5, 0.6) is 0 Å². The maximum atomic E-state index is 8.98. The molecule has 0 spiro atoms. The number of aliphatic hydroxyl groups is 1. The zero-order valence-corrected chi connectivity index (χ0v) is 12.1. The third-order valence-electron chi connectivity index (χ3n) is 2.67. The molecule has 2 nitrogen and oxygen atoms in total. The number of hydrogen-bond donors (Lipinski definition) is 2. The van der Waals surface area contributed by atoms with Gasteiger partial charge in [0.2, 0.25) is 0 Å². The number of anilines is 1. The molecule has 5 heteroatoms. The van der Waals surface area contributed by atoms with Crippen molar-refractivity contribution in [3.05, 3.63) is 50.1 Å². The number of hydrogen-bond acceptors (Lipinski definition) is 3. The first-order valence-corrected chi connectivity index (χ1v) is 7.08. The highest BCUT2D eigenvalue weighted by Crippen LogP contribution is 2.36. The molecule has 0 aliphatic carbocycles. The van der Waals surface area contributed by atoms with Crippen molar-refractivity contribution in [2.45, 2.75) is 19.6 Å². The Morgan fingerprint density at radius 1 is 1.28 bits per heavy atom. The monoisotopic (exact) mass is 301 g/mol. The van der Waals surface area contributed by atoms with Crippen molar-refractivity contribution < 1.29 is 5.11 Å². The summed E-state index contributed by atoms with van der Waals surface area (Å²) < 4.78 is 1.41. The molecule has 96 valence electrons. The molecule has 1 unspecified atom stereocenters. The van der Waals surface area contributed by atoms with Crippen molar-refractivity contribution in [3.8, 4) is 0 Å². The third kappa shape index (κ3) is 3.18. The summed E-state index contributed by atoms with van der Waals surface area (Å²) in [6.45, 7) is 2.09. The van der Waals surface area contributed by atoms with Crippen LogP contribution in [-0.4, -0.2) is 5.11 Å². The zero-order chi connectivity index (χ0) is 13.1. The van der Waals surface area contributed by atoms with E-state index in [9.17, 15) is 0 Å². The van der Waals surface area contributed by atoms with Gasteiger partial charge in [0.15, 0.2) is 0 Å². The average molecular weight is 302 g/mol. The normalized spacial score (nSPS) is 12.4. The molecule has 0 bridgehead atoms. The molecule has 0 radical (unpaired) electrons. The van der Waals surface area contributed by atoms with E-state index >= 15 is 0 Å². The second-order valence-corrected chi connectivity index (χ2v) is 6.29. The highest BCUT2D eigenvalue weighted by molar-refractivity contribution is 7.20. The van der Waals surface area contributed by atoms with E-state index in [0.29, 0.717) is 8.67 Å². The molecule has 1 heterocycles. The first-order valence-electron chi connectivity index (χ1n) is 5.51. The fraction of sp³-hybridized carbons (Fsp3) is 0.231. The number of rotatable bonds is 4. The lowest BCUT2D eigenvalue weighted by molar-refractivity contribution is 0.282. The van der Waals surface area contributed by atoms with Gasteiger partial charge in [0.25, 0.3) is 0 Å². The number of nitrogens with one attached hydrogen (secondary N) is 1. The van der Waals surface area contributed by atoms with Gasteiger partial charge < -0.3 is 10.4 Å². The van der Waals surface area contributed by atoms with E-state index in [2.05, 4.69) is 5.32 Å². The van der Waals surface area contributed by atoms with E-state index in [1.54, 1.807) is 0 Å². The lowest BCUT2D eigenvalue weighted by Gasteiger charge is -2.15. The van der Waals surface area contributed by atoms with Crippen LogP contribution in [-0.2, 0) is 6.61 Å². The summed E-state index contributed by atoms with van der Waals surface area (Å²) in [4.78, 5) is 0.